The van der Waals surface area contributed by atoms with E-state index in [0.29, 0.717) is 29.5 Å². The van der Waals surface area contributed by atoms with Gasteiger partial charge in [-0.1, -0.05) is 12.1 Å². The van der Waals surface area contributed by atoms with Crippen molar-refractivity contribution in [2.75, 3.05) is 26.1 Å². The molecule has 2 aromatic rings. The molecule has 0 bridgehead atoms. The fourth-order valence-corrected chi connectivity index (χ4v) is 2.34. The highest BCUT2D eigenvalue weighted by Gasteiger charge is 2.21. The van der Waals surface area contributed by atoms with Gasteiger partial charge < -0.3 is 24.3 Å². The van der Waals surface area contributed by atoms with Crippen molar-refractivity contribution < 1.29 is 28.5 Å². The topological polar surface area (TPSA) is 83.1 Å². The molecule has 0 aliphatic rings. The number of rotatable bonds is 8. The zero-order valence-corrected chi connectivity index (χ0v) is 15.8. The van der Waals surface area contributed by atoms with Gasteiger partial charge in [0, 0.05) is 0 Å². The summed E-state index contributed by atoms with van der Waals surface area (Å²) < 4.78 is 21.1. The number of hydrogen-bond donors (Lipinski definition) is 1. The lowest BCUT2D eigenvalue weighted by atomic mass is 10.2. The molecule has 1 atom stereocenters. The van der Waals surface area contributed by atoms with Gasteiger partial charge in [0.05, 0.1) is 32.1 Å². The number of benzene rings is 2. The molecule has 0 aromatic heterocycles. The molecule has 0 fully saturated rings. The lowest BCUT2D eigenvalue weighted by molar-refractivity contribution is -0.123. The van der Waals surface area contributed by atoms with Crippen molar-refractivity contribution in [1.29, 1.82) is 0 Å². The molecule has 144 valence electrons. The standard InChI is InChI=1S/C20H23NO6/c1-5-26-18-12-14(10-11-17(18)25-4)20(23)27-13(2)19(22)21-15-8-6-7-9-16(15)24-3/h6-13H,5H2,1-4H3,(H,21,22)/t13-/m0/s1. The Kier molecular flexibility index (Phi) is 7.05. The molecule has 2 rings (SSSR count). The molecular weight excluding hydrogens is 350 g/mol. The number of amides is 1. The van der Waals surface area contributed by atoms with Crippen molar-refractivity contribution in [3.05, 3.63) is 48.0 Å². The van der Waals surface area contributed by atoms with Crippen molar-refractivity contribution in [3.63, 3.8) is 0 Å². The lowest BCUT2D eigenvalue weighted by Gasteiger charge is -2.16. The number of carbonyl (C=O) groups is 2. The van der Waals surface area contributed by atoms with Crippen molar-refractivity contribution in [1.82, 2.24) is 0 Å². The van der Waals surface area contributed by atoms with E-state index in [4.69, 9.17) is 18.9 Å². The Balaban J connectivity index is 2.06. The van der Waals surface area contributed by atoms with E-state index in [1.54, 1.807) is 36.4 Å². The molecule has 7 heteroatoms. The number of methoxy groups -OCH3 is 2. The minimum atomic E-state index is -1.000. The zero-order valence-electron chi connectivity index (χ0n) is 15.8. The monoisotopic (exact) mass is 373 g/mol. The Morgan fingerprint density at radius 3 is 2.37 bits per heavy atom. The lowest BCUT2D eigenvalue weighted by Crippen LogP contribution is -2.30. The number of para-hydroxylation sites is 2. The van der Waals surface area contributed by atoms with Crippen LogP contribution in [0.3, 0.4) is 0 Å². The second-order valence-corrected chi connectivity index (χ2v) is 5.54. The van der Waals surface area contributed by atoms with Crippen molar-refractivity contribution >= 4 is 17.6 Å². The molecule has 0 aliphatic carbocycles. The second kappa shape index (κ2) is 9.47. The molecule has 1 N–H and O–H groups in total. The SMILES string of the molecule is CCOc1cc(C(=O)O[C@@H](C)C(=O)Nc2ccccc2OC)ccc1OC. The Labute approximate surface area is 158 Å². The molecule has 0 aliphatic heterocycles. The molecule has 0 saturated heterocycles. The van der Waals surface area contributed by atoms with E-state index in [1.165, 1.54) is 27.2 Å². The van der Waals surface area contributed by atoms with E-state index in [2.05, 4.69) is 5.32 Å². The predicted octanol–water partition coefficient (Wildman–Crippen LogP) is 3.29. The van der Waals surface area contributed by atoms with Crippen molar-refractivity contribution in [3.8, 4) is 17.2 Å². The summed E-state index contributed by atoms with van der Waals surface area (Å²) in [6, 6.07) is 11.7. The maximum atomic E-state index is 12.4. The zero-order chi connectivity index (χ0) is 19.8. The molecule has 7 nitrogen and oxygen atoms in total. The number of hydrogen-bond acceptors (Lipinski definition) is 6. The predicted molar refractivity (Wildman–Crippen MR) is 101 cm³/mol. The highest BCUT2D eigenvalue weighted by Crippen LogP contribution is 2.28. The van der Waals surface area contributed by atoms with Gasteiger partial charge in [-0.3, -0.25) is 4.79 Å². The summed E-state index contributed by atoms with van der Waals surface area (Å²) in [5.74, 6) is 0.351. The van der Waals surface area contributed by atoms with Crippen LogP contribution in [0.1, 0.15) is 24.2 Å². The minimum absolute atomic E-state index is 0.260. The molecule has 0 unspecified atom stereocenters. The largest absolute Gasteiger partial charge is 0.495 e. The first-order chi connectivity index (χ1) is 13.0. The van der Waals surface area contributed by atoms with Crippen LogP contribution < -0.4 is 19.5 Å². The first-order valence-electron chi connectivity index (χ1n) is 8.45. The molecule has 27 heavy (non-hydrogen) atoms. The van der Waals surface area contributed by atoms with E-state index in [-0.39, 0.29) is 5.56 Å². The van der Waals surface area contributed by atoms with Crippen LogP contribution in [0.25, 0.3) is 0 Å². The maximum Gasteiger partial charge on any atom is 0.339 e. The summed E-state index contributed by atoms with van der Waals surface area (Å²) in [7, 11) is 3.02. The summed E-state index contributed by atoms with van der Waals surface area (Å²) in [6.45, 7) is 3.75. The van der Waals surface area contributed by atoms with E-state index in [9.17, 15) is 9.59 Å². The van der Waals surface area contributed by atoms with Gasteiger partial charge in [0.2, 0.25) is 0 Å². The van der Waals surface area contributed by atoms with Gasteiger partial charge in [0.25, 0.3) is 5.91 Å². The molecule has 2 aromatic carbocycles. The first kappa shape index (κ1) is 20.1. The second-order valence-electron chi connectivity index (χ2n) is 5.54. The molecule has 0 spiro atoms. The fourth-order valence-electron chi connectivity index (χ4n) is 2.34. The fraction of sp³-hybridized carbons (Fsp3) is 0.300. The molecule has 1 amide bonds. The Morgan fingerprint density at radius 2 is 1.70 bits per heavy atom. The van der Waals surface area contributed by atoms with E-state index in [1.807, 2.05) is 6.92 Å². The maximum absolute atomic E-state index is 12.4. The number of carbonyl (C=O) groups excluding carboxylic acids is 2. The summed E-state index contributed by atoms with van der Waals surface area (Å²) in [4.78, 5) is 24.7. The van der Waals surface area contributed by atoms with Gasteiger partial charge in [-0.15, -0.1) is 0 Å². The number of nitrogens with one attached hydrogen (secondary N) is 1. The van der Waals surface area contributed by atoms with Crippen molar-refractivity contribution in [2.24, 2.45) is 0 Å². The number of esters is 1. The molecule has 0 saturated carbocycles. The average molecular weight is 373 g/mol. The highest BCUT2D eigenvalue weighted by molar-refractivity contribution is 5.98. The molecular formula is C20H23NO6. The number of ether oxygens (including phenoxy) is 4. The minimum Gasteiger partial charge on any atom is -0.495 e. The smallest absolute Gasteiger partial charge is 0.339 e. The number of anilines is 1. The first-order valence-corrected chi connectivity index (χ1v) is 8.45. The summed E-state index contributed by atoms with van der Waals surface area (Å²) >= 11 is 0. The Bertz CT molecular complexity index is 805. The van der Waals surface area contributed by atoms with Crippen LogP contribution in [0.2, 0.25) is 0 Å². The van der Waals surface area contributed by atoms with Gasteiger partial charge in [-0.2, -0.15) is 0 Å². The van der Waals surface area contributed by atoms with Crippen LogP contribution in [0.15, 0.2) is 42.5 Å². The third kappa shape index (κ3) is 5.13. The van der Waals surface area contributed by atoms with Crippen LogP contribution in [0, 0.1) is 0 Å². The van der Waals surface area contributed by atoms with Gasteiger partial charge in [0.1, 0.15) is 5.75 Å². The highest BCUT2D eigenvalue weighted by atomic mass is 16.5. The Hall–Kier alpha value is -3.22. The van der Waals surface area contributed by atoms with Crippen LogP contribution in [0.4, 0.5) is 5.69 Å². The summed E-state index contributed by atoms with van der Waals surface area (Å²) in [5.41, 5.74) is 0.757. The van der Waals surface area contributed by atoms with Crippen LogP contribution in [0.5, 0.6) is 17.2 Å². The van der Waals surface area contributed by atoms with Gasteiger partial charge >= 0.3 is 5.97 Å². The quantitative estimate of drug-likeness (QED) is 0.715. The summed E-state index contributed by atoms with van der Waals surface area (Å²) in [5, 5.41) is 2.68. The van der Waals surface area contributed by atoms with Crippen LogP contribution >= 0.6 is 0 Å². The molecule has 0 radical (unpaired) electrons. The molecule has 0 heterocycles. The van der Waals surface area contributed by atoms with E-state index >= 15 is 0 Å². The van der Waals surface area contributed by atoms with Gasteiger partial charge in [-0.05, 0) is 44.2 Å². The van der Waals surface area contributed by atoms with Gasteiger partial charge in [-0.25, -0.2) is 4.79 Å². The van der Waals surface area contributed by atoms with E-state index in [0.717, 1.165) is 0 Å². The van der Waals surface area contributed by atoms with Gasteiger partial charge in [0.15, 0.2) is 17.6 Å². The van der Waals surface area contributed by atoms with Crippen molar-refractivity contribution in [2.45, 2.75) is 20.0 Å². The van der Waals surface area contributed by atoms with Crippen LogP contribution in [-0.4, -0.2) is 38.8 Å². The third-order valence-electron chi connectivity index (χ3n) is 3.72. The third-order valence-corrected chi connectivity index (χ3v) is 3.72. The summed E-state index contributed by atoms with van der Waals surface area (Å²) in [6.07, 6.45) is -1.000. The van der Waals surface area contributed by atoms with E-state index < -0.39 is 18.0 Å². The average Bonchev–Trinajstić information content (AvgIpc) is 2.68. The normalized spacial score (nSPS) is 11.3. The Morgan fingerprint density at radius 1 is 1.00 bits per heavy atom. The van der Waals surface area contributed by atoms with Crippen LogP contribution in [-0.2, 0) is 9.53 Å².